The monoisotopic (exact) mass is 692 g/mol. The van der Waals surface area contributed by atoms with Gasteiger partial charge in [0.15, 0.2) is 12.6 Å². The van der Waals surface area contributed by atoms with E-state index in [1.807, 2.05) is 30.3 Å². The average Bonchev–Trinajstić information content (AvgIpc) is 3.10. The van der Waals surface area contributed by atoms with E-state index in [0.29, 0.717) is 32.7 Å². The largest absolute Gasteiger partial charge is 0.445 e. The van der Waals surface area contributed by atoms with Crippen LogP contribution in [0.2, 0.25) is 0 Å². The zero-order chi connectivity index (χ0) is 35.3. The van der Waals surface area contributed by atoms with Crippen LogP contribution in [0.25, 0.3) is 0 Å². The molecular weight excluding hydrogens is 636 g/mol. The average molecular weight is 693 g/mol. The molecule has 1 aromatic carbocycles. The Hall–Kier alpha value is -2.03. The molecule has 2 aliphatic rings. The molecule has 278 valence electrons. The van der Waals surface area contributed by atoms with E-state index in [0.717, 1.165) is 50.5 Å². The Morgan fingerprint density at radius 2 is 1.15 bits per heavy atom. The second-order valence-electron chi connectivity index (χ2n) is 11.7. The number of aliphatic hydroxyl groups excluding tert-OH is 8. The smallest absolute Gasteiger partial charge is 0.407 e. The molecule has 16 nitrogen and oxygen atoms in total. The van der Waals surface area contributed by atoms with Gasteiger partial charge in [0, 0.05) is 19.8 Å². The van der Waals surface area contributed by atoms with Crippen LogP contribution in [-0.2, 0) is 30.3 Å². The Balaban J connectivity index is 0.000000365. The normalized spacial score (nSPS) is 30.3. The third-order valence-corrected chi connectivity index (χ3v) is 7.91. The van der Waals surface area contributed by atoms with Gasteiger partial charge in [-0.15, -0.1) is 0 Å². The Morgan fingerprint density at radius 3 is 1.62 bits per heavy atom. The van der Waals surface area contributed by atoms with Gasteiger partial charge < -0.3 is 75.6 Å². The molecule has 11 N–H and O–H groups in total. The quantitative estimate of drug-likeness (QED) is 0.0749. The molecular formula is C32H56N2O14. The van der Waals surface area contributed by atoms with Crippen LogP contribution in [0.1, 0.15) is 56.9 Å². The SMILES string of the molecule is NCCCCCCOC1OC(CO)C(O)C(O)C1O.O=C(NCCCCCCOC1OC(CO)C(O)C(O)C1O)OCc1ccccc1. The summed E-state index contributed by atoms with van der Waals surface area (Å²) in [5.74, 6) is 0. The summed E-state index contributed by atoms with van der Waals surface area (Å²) in [4.78, 5) is 11.6. The van der Waals surface area contributed by atoms with Crippen LogP contribution in [-0.4, -0.2) is 148 Å². The van der Waals surface area contributed by atoms with E-state index in [1.54, 1.807) is 0 Å². The first kappa shape index (κ1) is 42.1. The van der Waals surface area contributed by atoms with Gasteiger partial charge in [-0.3, -0.25) is 0 Å². The van der Waals surface area contributed by atoms with E-state index in [9.17, 15) is 35.4 Å². The van der Waals surface area contributed by atoms with E-state index in [-0.39, 0.29) is 6.61 Å². The molecule has 3 rings (SSSR count). The van der Waals surface area contributed by atoms with E-state index in [1.165, 1.54) is 0 Å². The summed E-state index contributed by atoms with van der Waals surface area (Å²) in [6.07, 6.45) is -5.71. The highest BCUT2D eigenvalue weighted by Gasteiger charge is 2.44. The maximum absolute atomic E-state index is 11.6. The number of unbranched alkanes of at least 4 members (excludes halogenated alkanes) is 6. The minimum atomic E-state index is -1.43. The highest BCUT2D eigenvalue weighted by atomic mass is 16.7. The Kier molecular flexibility index (Phi) is 21.2. The highest BCUT2D eigenvalue weighted by Crippen LogP contribution is 2.23. The molecule has 0 bridgehead atoms. The lowest BCUT2D eigenvalue weighted by atomic mass is 9.99. The number of nitrogens with two attached hydrogens (primary N) is 1. The van der Waals surface area contributed by atoms with Crippen molar-refractivity contribution in [2.45, 2.75) is 119 Å². The number of nitrogens with one attached hydrogen (secondary N) is 1. The molecule has 2 heterocycles. The van der Waals surface area contributed by atoms with E-state index >= 15 is 0 Å². The maximum Gasteiger partial charge on any atom is 0.407 e. The number of hydrogen-bond donors (Lipinski definition) is 10. The molecule has 1 amide bonds. The molecule has 0 aliphatic carbocycles. The predicted octanol–water partition coefficient (Wildman–Crippen LogP) is -1.39. The van der Waals surface area contributed by atoms with Crippen LogP contribution in [0.4, 0.5) is 4.79 Å². The van der Waals surface area contributed by atoms with Crippen molar-refractivity contribution in [1.82, 2.24) is 5.32 Å². The second kappa shape index (κ2) is 24.2. The van der Waals surface area contributed by atoms with Gasteiger partial charge in [-0.05, 0) is 37.8 Å². The van der Waals surface area contributed by atoms with Crippen molar-refractivity contribution in [3.63, 3.8) is 0 Å². The number of amides is 1. The number of aliphatic hydroxyl groups is 8. The van der Waals surface area contributed by atoms with Gasteiger partial charge in [0.2, 0.25) is 0 Å². The van der Waals surface area contributed by atoms with Crippen LogP contribution >= 0.6 is 0 Å². The number of hydrogen-bond acceptors (Lipinski definition) is 15. The fourth-order valence-electron chi connectivity index (χ4n) is 4.95. The number of ether oxygens (including phenoxy) is 5. The van der Waals surface area contributed by atoms with Crippen molar-refractivity contribution in [2.24, 2.45) is 5.73 Å². The molecule has 48 heavy (non-hydrogen) atoms. The fourth-order valence-corrected chi connectivity index (χ4v) is 4.95. The zero-order valence-electron chi connectivity index (χ0n) is 27.4. The number of carbonyl (C=O) groups is 1. The molecule has 0 aromatic heterocycles. The molecule has 10 atom stereocenters. The van der Waals surface area contributed by atoms with Gasteiger partial charge in [0.1, 0.15) is 55.4 Å². The molecule has 2 saturated heterocycles. The summed E-state index contributed by atoms with van der Waals surface area (Å²) in [7, 11) is 0. The second-order valence-corrected chi connectivity index (χ2v) is 11.7. The summed E-state index contributed by atoms with van der Waals surface area (Å²) < 4.78 is 26.4. The first-order valence-corrected chi connectivity index (χ1v) is 16.6. The molecule has 16 heteroatoms. The third-order valence-electron chi connectivity index (χ3n) is 7.91. The summed E-state index contributed by atoms with van der Waals surface area (Å²) in [6, 6.07) is 9.45. The molecule has 2 aliphatic heterocycles. The number of carbonyl (C=O) groups excluding carboxylic acids is 1. The third kappa shape index (κ3) is 14.8. The van der Waals surface area contributed by atoms with Crippen molar-refractivity contribution < 1.29 is 69.3 Å². The van der Waals surface area contributed by atoms with E-state index in [4.69, 9.17) is 39.6 Å². The molecule has 1 aromatic rings. The van der Waals surface area contributed by atoms with Crippen LogP contribution in [0, 0.1) is 0 Å². The number of benzene rings is 1. The Labute approximate surface area is 281 Å². The summed E-state index contributed by atoms with van der Waals surface area (Å²) in [6.45, 7) is 1.19. The van der Waals surface area contributed by atoms with Crippen molar-refractivity contribution >= 4 is 6.09 Å². The molecule has 2 fully saturated rings. The molecule has 0 spiro atoms. The summed E-state index contributed by atoms with van der Waals surface area (Å²) in [5.41, 5.74) is 6.31. The first-order valence-electron chi connectivity index (χ1n) is 16.6. The Bertz CT molecular complexity index is 962. The summed E-state index contributed by atoms with van der Waals surface area (Å²) >= 11 is 0. The lowest BCUT2D eigenvalue weighted by molar-refractivity contribution is -0.301. The lowest BCUT2D eigenvalue weighted by Gasteiger charge is -2.39. The van der Waals surface area contributed by atoms with Crippen molar-refractivity contribution in [1.29, 1.82) is 0 Å². The highest BCUT2D eigenvalue weighted by molar-refractivity contribution is 5.67. The summed E-state index contributed by atoms with van der Waals surface area (Å²) in [5, 5.41) is 79.0. The fraction of sp³-hybridized carbons (Fsp3) is 0.781. The number of rotatable bonds is 19. The lowest BCUT2D eigenvalue weighted by Crippen LogP contribution is -2.59. The minimum absolute atomic E-state index is 0.238. The first-order chi connectivity index (χ1) is 23.1. The Morgan fingerprint density at radius 1 is 0.667 bits per heavy atom. The van der Waals surface area contributed by atoms with Gasteiger partial charge in [-0.2, -0.15) is 0 Å². The van der Waals surface area contributed by atoms with Gasteiger partial charge >= 0.3 is 6.09 Å². The minimum Gasteiger partial charge on any atom is -0.445 e. The van der Waals surface area contributed by atoms with Crippen molar-refractivity contribution in [3.8, 4) is 0 Å². The molecule has 0 saturated carbocycles. The van der Waals surface area contributed by atoms with Crippen LogP contribution in [0.15, 0.2) is 30.3 Å². The van der Waals surface area contributed by atoms with Gasteiger partial charge in [0.25, 0.3) is 0 Å². The predicted molar refractivity (Wildman–Crippen MR) is 170 cm³/mol. The molecule has 0 radical (unpaired) electrons. The van der Waals surface area contributed by atoms with Crippen LogP contribution in [0.5, 0.6) is 0 Å². The maximum atomic E-state index is 11.6. The van der Waals surface area contributed by atoms with Gasteiger partial charge in [0.05, 0.1) is 13.2 Å². The van der Waals surface area contributed by atoms with Crippen molar-refractivity contribution in [3.05, 3.63) is 35.9 Å². The number of alkyl carbamates (subject to hydrolysis) is 1. The standard InChI is InChI=1S/C20H31NO8.C12H25NO6/c22-12-15-16(23)17(24)18(25)19(29-15)27-11-7-2-1-6-10-21-20(26)28-13-14-8-4-3-5-9-14;13-5-3-1-2-4-6-18-12-11(17)10(16)9(15)8(7-14)19-12/h3-5,8-9,15-19,22-25H,1-2,6-7,10-13H2,(H,21,26);8-12,14-17H,1-7,13H2. The van der Waals surface area contributed by atoms with Crippen LogP contribution < -0.4 is 11.1 Å². The molecule has 10 unspecified atom stereocenters. The van der Waals surface area contributed by atoms with Crippen LogP contribution in [0.3, 0.4) is 0 Å². The van der Waals surface area contributed by atoms with Gasteiger partial charge in [-0.25, -0.2) is 4.79 Å². The van der Waals surface area contributed by atoms with E-state index < -0.39 is 80.7 Å². The van der Waals surface area contributed by atoms with E-state index in [2.05, 4.69) is 5.32 Å². The van der Waals surface area contributed by atoms with Gasteiger partial charge in [-0.1, -0.05) is 56.0 Å². The van der Waals surface area contributed by atoms with Crippen molar-refractivity contribution in [2.75, 3.05) is 39.5 Å². The topological polar surface area (TPSA) is 263 Å². The zero-order valence-corrected chi connectivity index (χ0v) is 27.4.